The van der Waals surface area contributed by atoms with Gasteiger partial charge in [0, 0.05) is 0 Å². The highest BCUT2D eigenvalue weighted by molar-refractivity contribution is 7.54. The van der Waals surface area contributed by atoms with E-state index in [4.69, 9.17) is 21.0 Å². The molecule has 0 saturated carbocycles. The Bertz CT molecular complexity index is 196. The minimum atomic E-state index is -3.59. The first-order chi connectivity index (χ1) is 6.05. The van der Waals surface area contributed by atoms with Crippen molar-refractivity contribution in [3.05, 3.63) is 12.7 Å². The third-order valence-electron chi connectivity index (χ3n) is 1.56. The summed E-state index contributed by atoms with van der Waals surface area (Å²) in [6.45, 7) is 5.57. The Balaban J connectivity index is 3.97. The zero-order chi connectivity index (χ0) is 10.3. The molecule has 2 unspecified atom stereocenters. The molecule has 0 spiro atoms. The summed E-state index contributed by atoms with van der Waals surface area (Å²) in [4.78, 5) is 9.08. The van der Waals surface area contributed by atoms with Gasteiger partial charge in [0.05, 0.1) is 6.10 Å². The lowest BCUT2D eigenvalue weighted by atomic mass is 10.2. The maximum absolute atomic E-state index is 11.1. The van der Waals surface area contributed by atoms with Crippen molar-refractivity contribution < 1.29 is 14.0 Å². The SMILES string of the molecule is C=CC(CCCC)OP(=O)(O)CCl. The number of unbranched alkanes of at least 4 members (excludes halogenated alkanes) is 1. The summed E-state index contributed by atoms with van der Waals surface area (Å²) in [7, 11) is -3.59. The first-order valence-electron chi connectivity index (χ1n) is 4.24. The third kappa shape index (κ3) is 6.28. The molecule has 0 aliphatic rings. The van der Waals surface area contributed by atoms with Gasteiger partial charge in [0.1, 0.15) is 5.62 Å². The van der Waals surface area contributed by atoms with Crippen molar-refractivity contribution in [2.75, 3.05) is 5.62 Å². The molecule has 5 heteroatoms. The van der Waals surface area contributed by atoms with Crippen LogP contribution >= 0.6 is 19.2 Å². The van der Waals surface area contributed by atoms with Gasteiger partial charge in [-0.2, -0.15) is 0 Å². The number of alkyl halides is 1. The zero-order valence-corrected chi connectivity index (χ0v) is 9.43. The van der Waals surface area contributed by atoms with Crippen molar-refractivity contribution in [1.29, 1.82) is 0 Å². The van der Waals surface area contributed by atoms with Crippen LogP contribution in [0.15, 0.2) is 12.7 Å². The molecule has 0 radical (unpaired) electrons. The molecule has 0 amide bonds. The van der Waals surface area contributed by atoms with E-state index in [1.807, 2.05) is 6.92 Å². The molecule has 0 aliphatic heterocycles. The van der Waals surface area contributed by atoms with Crippen molar-refractivity contribution in [3.63, 3.8) is 0 Å². The molecule has 0 aromatic heterocycles. The minimum absolute atomic E-state index is 0.366. The topological polar surface area (TPSA) is 46.5 Å². The molecule has 3 nitrogen and oxygen atoms in total. The first-order valence-corrected chi connectivity index (χ1v) is 6.54. The quantitative estimate of drug-likeness (QED) is 0.412. The molecule has 0 fully saturated rings. The zero-order valence-electron chi connectivity index (χ0n) is 7.78. The summed E-state index contributed by atoms with van der Waals surface area (Å²) in [6, 6.07) is 0. The molecular weight excluding hydrogens is 211 g/mol. The molecule has 13 heavy (non-hydrogen) atoms. The average molecular weight is 227 g/mol. The van der Waals surface area contributed by atoms with Crippen LogP contribution in [0.3, 0.4) is 0 Å². The maximum atomic E-state index is 11.1. The highest BCUT2D eigenvalue weighted by atomic mass is 35.5. The molecule has 0 rings (SSSR count). The highest BCUT2D eigenvalue weighted by Gasteiger charge is 2.21. The van der Waals surface area contributed by atoms with E-state index in [0.29, 0.717) is 6.42 Å². The van der Waals surface area contributed by atoms with Crippen molar-refractivity contribution in [1.82, 2.24) is 0 Å². The summed E-state index contributed by atoms with van der Waals surface area (Å²) in [5.41, 5.74) is -0.372. The Labute approximate surface area is 84.3 Å². The Hall–Kier alpha value is 0.180. The number of halogens is 1. The first kappa shape index (κ1) is 13.2. The van der Waals surface area contributed by atoms with Crippen LogP contribution in [-0.2, 0) is 9.09 Å². The Kier molecular flexibility index (Phi) is 6.70. The molecule has 0 aromatic carbocycles. The largest absolute Gasteiger partial charge is 0.343 e. The number of hydrogen-bond donors (Lipinski definition) is 1. The second kappa shape index (κ2) is 6.61. The van der Waals surface area contributed by atoms with Gasteiger partial charge >= 0.3 is 7.60 Å². The molecule has 0 saturated heterocycles. The lowest BCUT2D eigenvalue weighted by molar-refractivity contribution is 0.203. The Morgan fingerprint density at radius 3 is 2.77 bits per heavy atom. The van der Waals surface area contributed by atoms with Crippen molar-refractivity contribution in [2.45, 2.75) is 32.3 Å². The van der Waals surface area contributed by atoms with Crippen molar-refractivity contribution in [2.24, 2.45) is 0 Å². The van der Waals surface area contributed by atoms with Crippen LogP contribution in [0.25, 0.3) is 0 Å². The van der Waals surface area contributed by atoms with Crippen LogP contribution in [0.5, 0.6) is 0 Å². The van der Waals surface area contributed by atoms with E-state index in [2.05, 4.69) is 6.58 Å². The van der Waals surface area contributed by atoms with Crippen LogP contribution in [-0.4, -0.2) is 16.6 Å². The van der Waals surface area contributed by atoms with Crippen LogP contribution in [0.2, 0.25) is 0 Å². The minimum Gasteiger partial charge on any atom is -0.323 e. The fourth-order valence-corrected chi connectivity index (χ4v) is 1.70. The Morgan fingerprint density at radius 1 is 1.77 bits per heavy atom. The van der Waals surface area contributed by atoms with Crippen LogP contribution in [0, 0.1) is 0 Å². The van der Waals surface area contributed by atoms with Gasteiger partial charge in [0.15, 0.2) is 0 Å². The van der Waals surface area contributed by atoms with Crippen LogP contribution in [0.1, 0.15) is 26.2 Å². The van der Waals surface area contributed by atoms with E-state index in [1.165, 1.54) is 6.08 Å². The van der Waals surface area contributed by atoms with Gasteiger partial charge < -0.3 is 9.42 Å². The molecule has 0 heterocycles. The molecular formula is C8H16ClO3P. The summed E-state index contributed by atoms with van der Waals surface area (Å²) in [6.07, 6.45) is 3.84. The number of hydrogen-bond acceptors (Lipinski definition) is 2. The van der Waals surface area contributed by atoms with Gasteiger partial charge in [-0.1, -0.05) is 25.8 Å². The van der Waals surface area contributed by atoms with Gasteiger partial charge in [0.2, 0.25) is 0 Å². The van der Waals surface area contributed by atoms with Crippen molar-refractivity contribution >= 4 is 19.2 Å². The van der Waals surface area contributed by atoms with E-state index in [-0.39, 0.29) is 11.7 Å². The van der Waals surface area contributed by atoms with Gasteiger partial charge in [-0.3, -0.25) is 4.57 Å². The third-order valence-corrected chi connectivity index (χ3v) is 3.36. The predicted molar refractivity (Wildman–Crippen MR) is 55.1 cm³/mol. The average Bonchev–Trinajstić information content (AvgIpc) is 2.12. The standard InChI is InChI=1S/C8H16ClO3P/c1-3-5-6-8(4-2)12-13(10,11)7-9/h4,8H,2-3,5-7H2,1H3,(H,10,11). The van der Waals surface area contributed by atoms with E-state index >= 15 is 0 Å². The molecule has 0 bridgehead atoms. The molecule has 2 atom stereocenters. The molecule has 78 valence electrons. The summed E-state index contributed by atoms with van der Waals surface area (Å²) >= 11 is 5.26. The van der Waals surface area contributed by atoms with Crippen LogP contribution < -0.4 is 0 Å². The van der Waals surface area contributed by atoms with Gasteiger partial charge in [-0.15, -0.1) is 18.2 Å². The number of rotatable bonds is 7. The predicted octanol–water partition coefficient (Wildman–Crippen LogP) is 3.13. The second-order valence-corrected chi connectivity index (χ2v) is 5.22. The summed E-state index contributed by atoms with van der Waals surface area (Å²) < 4.78 is 16.0. The summed E-state index contributed by atoms with van der Waals surface area (Å²) in [5, 5.41) is 0. The monoisotopic (exact) mass is 226 g/mol. The van der Waals surface area contributed by atoms with Gasteiger partial charge in [-0.25, -0.2) is 0 Å². The second-order valence-electron chi connectivity index (χ2n) is 2.78. The van der Waals surface area contributed by atoms with Gasteiger partial charge in [-0.05, 0) is 6.42 Å². The van der Waals surface area contributed by atoms with Crippen LogP contribution in [0.4, 0.5) is 0 Å². The van der Waals surface area contributed by atoms with E-state index in [9.17, 15) is 4.57 Å². The Morgan fingerprint density at radius 2 is 2.38 bits per heavy atom. The fourth-order valence-electron chi connectivity index (χ4n) is 0.859. The van der Waals surface area contributed by atoms with E-state index in [0.717, 1.165) is 12.8 Å². The summed E-state index contributed by atoms with van der Waals surface area (Å²) in [5.74, 6) is 0. The molecule has 0 aliphatic carbocycles. The van der Waals surface area contributed by atoms with Gasteiger partial charge in [0.25, 0.3) is 0 Å². The lowest BCUT2D eigenvalue weighted by Gasteiger charge is -2.16. The maximum Gasteiger partial charge on any atom is 0.343 e. The molecule has 1 N–H and O–H groups in total. The normalized spacial score (nSPS) is 17.8. The van der Waals surface area contributed by atoms with E-state index in [1.54, 1.807) is 0 Å². The van der Waals surface area contributed by atoms with Crippen molar-refractivity contribution in [3.8, 4) is 0 Å². The fraction of sp³-hybridized carbons (Fsp3) is 0.750. The lowest BCUT2D eigenvalue weighted by Crippen LogP contribution is -2.08. The molecule has 0 aromatic rings. The smallest absolute Gasteiger partial charge is 0.323 e. The van der Waals surface area contributed by atoms with E-state index < -0.39 is 7.60 Å². The highest BCUT2D eigenvalue weighted by Crippen LogP contribution is 2.44.